The lowest BCUT2D eigenvalue weighted by Gasteiger charge is -2.16. The highest BCUT2D eigenvalue weighted by atomic mass is 79.9. The fraction of sp³-hybridized carbons (Fsp3) is 0.143. The second-order valence-electron chi connectivity index (χ2n) is 4.10. The van der Waals surface area contributed by atoms with Crippen LogP contribution < -0.4 is 11.3 Å². The van der Waals surface area contributed by atoms with Gasteiger partial charge in [0, 0.05) is 9.50 Å². The third-order valence-corrected chi connectivity index (χ3v) is 3.55. The molecule has 0 aliphatic carbocycles. The third kappa shape index (κ3) is 3.56. The molecular weight excluding hydrogens is 312 g/mol. The Bertz CT molecular complexity index is 513. The van der Waals surface area contributed by atoms with E-state index in [0.717, 1.165) is 21.5 Å². The van der Waals surface area contributed by atoms with Crippen LogP contribution >= 0.6 is 27.5 Å². The van der Waals surface area contributed by atoms with Crippen LogP contribution in [-0.2, 0) is 6.42 Å². The number of hydrogen-bond acceptors (Lipinski definition) is 2. The summed E-state index contributed by atoms with van der Waals surface area (Å²) in [6.45, 7) is 0. The number of hydrogen-bond donors (Lipinski definition) is 2. The van der Waals surface area contributed by atoms with E-state index in [9.17, 15) is 0 Å². The predicted octanol–water partition coefficient (Wildman–Crippen LogP) is 3.85. The molecule has 0 heterocycles. The first-order chi connectivity index (χ1) is 8.69. The molecular formula is C14H14BrClN2. The Morgan fingerprint density at radius 3 is 2.50 bits per heavy atom. The van der Waals surface area contributed by atoms with Gasteiger partial charge >= 0.3 is 0 Å². The molecule has 94 valence electrons. The zero-order chi connectivity index (χ0) is 13.0. The molecule has 18 heavy (non-hydrogen) atoms. The van der Waals surface area contributed by atoms with Gasteiger partial charge in [-0.2, -0.15) is 0 Å². The SMILES string of the molecule is NNC(Cc1ccc(Cl)cc1)c1cccc(Br)c1. The van der Waals surface area contributed by atoms with Crippen molar-refractivity contribution in [2.45, 2.75) is 12.5 Å². The second kappa shape index (κ2) is 6.34. The van der Waals surface area contributed by atoms with Crippen LogP contribution in [0.25, 0.3) is 0 Å². The summed E-state index contributed by atoms with van der Waals surface area (Å²) in [6.07, 6.45) is 0.824. The van der Waals surface area contributed by atoms with Crippen molar-refractivity contribution in [1.82, 2.24) is 5.43 Å². The first-order valence-corrected chi connectivity index (χ1v) is 6.82. The maximum Gasteiger partial charge on any atom is 0.0500 e. The minimum absolute atomic E-state index is 0.0867. The molecule has 0 amide bonds. The molecule has 0 saturated heterocycles. The van der Waals surface area contributed by atoms with Crippen molar-refractivity contribution in [3.63, 3.8) is 0 Å². The van der Waals surface area contributed by atoms with Crippen LogP contribution in [0.2, 0.25) is 5.02 Å². The maximum atomic E-state index is 5.87. The molecule has 2 rings (SSSR count). The summed E-state index contributed by atoms with van der Waals surface area (Å²) >= 11 is 9.34. The molecule has 1 unspecified atom stereocenters. The van der Waals surface area contributed by atoms with Gasteiger partial charge < -0.3 is 0 Å². The topological polar surface area (TPSA) is 38.0 Å². The summed E-state index contributed by atoms with van der Waals surface area (Å²) in [5.74, 6) is 5.64. The molecule has 0 aliphatic rings. The molecule has 0 bridgehead atoms. The third-order valence-electron chi connectivity index (χ3n) is 2.81. The minimum atomic E-state index is 0.0867. The van der Waals surface area contributed by atoms with Crippen LogP contribution in [-0.4, -0.2) is 0 Å². The molecule has 4 heteroatoms. The molecule has 3 N–H and O–H groups in total. The van der Waals surface area contributed by atoms with Crippen LogP contribution in [0, 0.1) is 0 Å². The van der Waals surface area contributed by atoms with Gasteiger partial charge in [-0.1, -0.05) is 51.8 Å². The van der Waals surface area contributed by atoms with Crippen LogP contribution in [0.4, 0.5) is 0 Å². The zero-order valence-electron chi connectivity index (χ0n) is 9.74. The van der Waals surface area contributed by atoms with Gasteiger partial charge in [0.2, 0.25) is 0 Å². The average molecular weight is 326 g/mol. The number of nitrogens with one attached hydrogen (secondary N) is 1. The summed E-state index contributed by atoms with van der Waals surface area (Å²) in [6, 6.07) is 16.0. The number of halogens is 2. The van der Waals surface area contributed by atoms with Crippen LogP contribution in [0.1, 0.15) is 17.2 Å². The van der Waals surface area contributed by atoms with E-state index in [2.05, 4.69) is 33.5 Å². The van der Waals surface area contributed by atoms with E-state index >= 15 is 0 Å². The molecule has 0 spiro atoms. The fourth-order valence-electron chi connectivity index (χ4n) is 1.85. The standard InChI is InChI=1S/C14H14BrClN2/c15-12-3-1-2-11(9-12)14(18-17)8-10-4-6-13(16)7-5-10/h1-7,9,14,18H,8,17H2. The molecule has 1 atom stereocenters. The van der Waals surface area contributed by atoms with Crippen molar-refractivity contribution in [3.05, 3.63) is 69.2 Å². The van der Waals surface area contributed by atoms with Gasteiger partial charge in [-0.25, -0.2) is 0 Å². The van der Waals surface area contributed by atoms with Crippen LogP contribution in [0.5, 0.6) is 0 Å². The van der Waals surface area contributed by atoms with Crippen molar-refractivity contribution in [3.8, 4) is 0 Å². The largest absolute Gasteiger partial charge is 0.271 e. The molecule has 2 aromatic rings. The van der Waals surface area contributed by atoms with Crippen molar-refractivity contribution in [2.75, 3.05) is 0 Å². The monoisotopic (exact) mass is 324 g/mol. The van der Waals surface area contributed by atoms with E-state index in [1.165, 1.54) is 5.56 Å². The lowest BCUT2D eigenvalue weighted by molar-refractivity contribution is 0.552. The molecule has 0 radical (unpaired) electrons. The first-order valence-electron chi connectivity index (χ1n) is 5.65. The van der Waals surface area contributed by atoms with Crippen molar-refractivity contribution >= 4 is 27.5 Å². The lowest BCUT2D eigenvalue weighted by Crippen LogP contribution is -2.29. The smallest absolute Gasteiger partial charge is 0.0500 e. The molecule has 0 fully saturated rings. The number of hydrazine groups is 1. The molecule has 2 nitrogen and oxygen atoms in total. The van der Waals surface area contributed by atoms with Crippen molar-refractivity contribution < 1.29 is 0 Å². The Morgan fingerprint density at radius 2 is 1.89 bits per heavy atom. The van der Waals surface area contributed by atoms with Gasteiger partial charge in [0.15, 0.2) is 0 Å². The van der Waals surface area contributed by atoms with Gasteiger partial charge in [-0.05, 0) is 41.8 Å². The van der Waals surface area contributed by atoms with Crippen LogP contribution in [0.15, 0.2) is 53.0 Å². The summed E-state index contributed by atoms with van der Waals surface area (Å²) in [4.78, 5) is 0. The van der Waals surface area contributed by atoms with Gasteiger partial charge in [-0.3, -0.25) is 11.3 Å². The van der Waals surface area contributed by atoms with Crippen LogP contribution in [0.3, 0.4) is 0 Å². The maximum absolute atomic E-state index is 5.87. The highest BCUT2D eigenvalue weighted by Gasteiger charge is 2.10. The van der Waals surface area contributed by atoms with Crippen molar-refractivity contribution in [1.29, 1.82) is 0 Å². The number of nitrogens with two attached hydrogens (primary N) is 1. The first kappa shape index (κ1) is 13.6. The highest BCUT2D eigenvalue weighted by molar-refractivity contribution is 9.10. The Morgan fingerprint density at radius 1 is 1.17 bits per heavy atom. The molecule has 2 aromatic carbocycles. The van der Waals surface area contributed by atoms with E-state index in [1.807, 2.05) is 36.4 Å². The Labute approximate surface area is 120 Å². The predicted molar refractivity (Wildman–Crippen MR) is 79.4 cm³/mol. The second-order valence-corrected chi connectivity index (χ2v) is 5.46. The van der Waals surface area contributed by atoms with E-state index in [1.54, 1.807) is 0 Å². The molecule has 0 saturated carbocycles. The normalized spacial score (nSPS) is 12.4. The van der Waals surface area contributed by atoms with E-state index in [-0.39, 0.29) is 6.04 Å². The van der Waals surface area contributed by atoms with Gasteiger partial charge in [0.25, 0.3) is 0 Å². The summed E-state index contributed by atoms with van der Waals surface area (Å²) in [7, 11) is 0. The minimum Gasteiger partial charge on any atom is -0.271 e. The highest BCUT2D eigenvalue weighted by Crippen LogP contribution is 2.22. The van der Waals surface area contributed by atoms with Gasteiger partial charge in [0.1, 0.15) is 0 Å². The summed E-state index contributed by atoms with van der Waals surface area (Å²) in [5.41, 5.74) is 5.21. The lowest BCUT2D eigenvalue weighted by atomic mass is 9.99. The molecule has 0 aliphatic heterocycles. The Hall–Kier alpha value is -0.870. The van der Waals surface area contributed by atoms with Crippen molar-refractivity contribution in [2.24, 2.45) is 5.84 Å². The van der Waals surface area contributed by atoms with E-state index in [4.69, 9.17) is 17.4 Å². The van der Waals surface area contributed by atoms with Gasteiger partial charge in [0.05, 0.1) is 6.04 Å². The number of benzene rings is 2. The Balaban J connectivity index is 2.17. The summed E-state index contributed by atoms with van der Waals surface area (Å²) in [5, 5.41) is 0.749. The quantitative estimate of drug-likeness (QED) is 0.662. The van der Waals surface area contributed by atoms with E-state index in [0.29, 0.717) is 0 Å². The van der Waals surface area contributed by atoms with Gasteiger partial charge in [-0.15, -0.1) is 0 Å². The fourth-order valence-corrected chi connectivity index (χ4v) is 2.40. The summed E-state index contributed by atoms with van der Waals surface area (Å²) < 4.78 is 1.05. The Kier molecular flexibility index (Phi) is 4.78. The van der Waals surface area contributed by atoms with E-state index < -0.39 is 0 Å². The zero-order valence-corrected chi connectivity index (χ0v) is 12.1. The average Bonchev–Trinajstić information content (AvgIpc) is 2.38. The molecule has 0 aromatic heterocycles. The number of rotatable bonds is 4.